The molecule has 27 heavy (non-hydrogen) atoms. The van der Waals surface area contributed by atoms with Gasteiger partial charge in [0.2, 0.25) is 0 Å². The van der Waals surface area contributed by atoms with E-state index in [1.54, 1.807) is 0 Å². The number of hydrogen-bond acceptors (Lipinski definition) is 0. The molecule has 4 rings (SSSR count). The second-order valence-electron chi connectivity index (χ2n) is 6.10. The van der Waals surface area contributed by atoms with Gasteiger partial charge in [0, 0.05) is 0 Å². The summed E-state index contributed by atoms with van der Waals surface area (Å²) in [5, 5.41) is 5.57. The number of fused-ring (bicyclic) bond motifs is 2. The average molecular weight is 564 g/mol. The number of aryl methyl sites for hydroxylation is 4. The van der Waals surface area contributed by atoms with Gasteiger partial charge in [-0.05, 0) is 13.8 Å². The Morgan fingerprint density at radius 2 is 0.852 bits per heavy atom. The summed E-state index contributed by atoms with van der Waals surface area (Å²) in [6.07, 6.45) is 0. The van der Waals surface area contributed by atoms with Gasteiger partial charge in [-0.2, -0.15) is 24.3 Å². The van der Waals surface area contributed by atoms with Crippen LogP contribution < -0.4 is 24.8 Å². The van der Waals surface area contributed by atoms with Crippen molar-refractivity contribution in [2.45, 2.75) is 27.7 Å². The molecule has 0 nitrogen and oxygen atoms in total. The molecule has 0 unspecified atom stereocenters. The number of hydrogen-bond donors (Lipinski definition) is 0. The molecule has 0 amide bonds. The van der Waals surface area contributed by atoms with Crippen LogP contribution in [0.2, 0.25) is 0 Å². The fraction of sp³-hybridized carbons (Fsp3) is 0.167. The quantitative estimate of drug-likeness (QED) is 0.171. The first kappa shape index (κ1) is 28.1. The van der Waals surface area contributed by atoms with Gasteiger partial charge >= 0.3 is 25.8 Å². The predicted octanol–water partition coefficient (Wildman–Crippen LogP) is 1.16. The summed E-state index contributed by atoms with van der Waals surface area (Å²) in [4.78, 5) is 0. The summed E-state index contributed by atoms with van der Waals surface area (Å²) in [5.41, 5.74) is 5.48. The minimum Gasteiger partial charge on any atom is -1.00 e. The molecular weight excluding hydrogens is 538 g/mol. The Hall–Kier alpha value is -1.15. The van der Waals surface area contributed by atoms with Crippen molar-refractivity contribution < 1.29 is 50.7 Å². The zero-order valence-electron chi connectivity index (χ0n) is 16.4. The molecule has 0 bridgehead atoms. The molecule has 0 fully saturated rings. The van der Waals surface area contributed by atoms with Crippen molar-refractivity contribution >= 4 is 21.5 Å². The fourth-order valence-corrected chi connectivity index (χ4v) is 3.07. The van der Waals surface area contributed by atoms with Crippen LogP contribution in [-0.2, 0) is 25.8 Å². The molecule has 3 heteroatoms. The maximum Gasteiger partial charge on any atom is 4.00 e. The molecule has 0 aliphatic carbocycles. The Morgan fingerprint density at radius 3 is 1.15 bits per heavy atom. The van der Waals surface area contributed by atoms with Gasteiger partial charge in [-0.3, -0.25) is 0 Å². The second-order valence-corrected chi connectivity index (χ2v) is 6.10. The summed E-state index contributed by atoms with van der Waals surface area (Å²) < 4.78 is 0. The van der Waals surface area contributed by atoms with E-state index >= 15 is 0 Å². The molecule has 0 aliphatic heterocycles. The van der Waals surface area contributed by atoms with Crippen molar-refractivity contribution in [2.24, 2.45) is 0 Å². The third-order valence-corrected chi connectivity index (χ3v) is 4.50. The minimum absolute atomic E-state index is 0. The van der Waals surface area contributed by atoms with E-state index in [-0.39, 0.29) is 50.7 Å². The van der Waals surface area contributed by atoms with Crippen LogP contribution >= 0.6 is 0 Å². The van der Waals surface area contributed by atoms with Gasteiger partial charge < -0.3 is 24.8 Å². The summed E-state index contributed by atoms with van der Waals surface area (Å²) >= 11 is 0. The van der Waals surface area contributed by atoms with Gasteiger partial charge in [-0.1, -0.05) is 37.1 Å². The Kier molecular flexibility index (Phi) is 13.6. The number of rotatable bonds is 0. The molecule has 0 saturated heterocycles. The van der Waals surface area contributed by atoms with Crippen LogP contribution in [0.4, 0.5) is 0 Å². The van der Waals surface area contributed by atoms with Crippen molar-refractivity contribution in [3.05, 3.63) is 96.1 Å². The predicted molar refractivity (Wildman–Crippen MR) is 109 cm³/mol. The maximum atomic E-state index is 3.00. The molecule has 0 heterocycles. The average Bonchev–Trinajstić information content (AvgIpc) is 3.27. The van der Waals surface area contributed by atoms with E-state index in [4.69, 9.17) is 0 Å². The molecule has 4 aromatic rings. The summed E-state index contributed by atoms with van der Waals surface area (Å²) in [5.74, 6) is 0. The third-order valence-electron chi connectivity index (χ3n) is 4.50. The summed E-state index contributed by atoms with van der Waals surface area (Å²) in [6, 6.07) is 21.7. The number of benzene rings is 2. The van der Waals surface area contributed by atoms with Crippen LogP contribution in [-0.4, -0.2) is 0 Å². The van der Waals surface area contributed by atoms with Crippen LogP contribution in [0.5, 0.6) is 0 Å². The van der Waals surface area contributed by atoms with E-state index in [0.717, 1.165) is 0 Å². The SMILES string of the molecule is C=C.Cc1ccc(C)c2[cH-]ccc12.Cc1ccc(C)c2[cH-]ccc12.[Cl-].[Cl-].[Hf+4]. The largest absolute Gasteiger partial charge is 4.00 e. The van der Waals surface area contributed by atoms with Crippen molar-refractivity contribution in [3.8, 4) is 0 Å². The van der Waals surface area contributed by atoms with Crippen LogP contribution in [0.3, 0.4) is 0 Å². The molecule has 0 saturated carbocycles. The molecule has 140 valence electrons. The second kappa shape index (κ2) is 13.1. The zero-order valence-corrected chi connectivity index (χ0v) is 21.5. The topological polar surface area (TPSA) is 0 Å². The van der Waals surface area contributed by atoms with Crippen molar-refractivity contribution in [1.82, 2.24) is 0 Å². The van der Waals surface area contributed by atoms with E-state index in [2.05, 4.69) is 102 Å². The van der Waals surface area contributed by atoms with Crippen LogP contribution in [0, 0.1) is 27.7 Å². The Morgan fingerprint density at radius 1 is 0.556 bits per heavy atom. The first-order valence-electron chi connectivity index (χ1n) is 8.31. The first-order chi connectivity index (χ1) is 11.6. The van der Waals surface area contributed by atoms with Crippen LogP contribution in [0.15, 0.2) is 73.8 Å². The van der Waals surface area contributed by atoms with Crippen molar-refractivity contribution in [2.75, 3.05) is 0 Å². The Bertz CT molecular complexity index is 797. The fourth-order valence-electron chi connectivity index (χ4n) is 3.07. The van der Waals surface area contributed by atoms with Crippen molar-refractivity contribution in [1.29, 1.82) is 0 Å². The molecule has 0 aromatic heterocycles. The smallest absolute Gasteiger partial charge is 1.00 e. The van der Waals surface area contributed by atoms with Crippen molar-refractivity contribution in [3.63, 3.8) is 0 Å². The van der Waals surface area contributed by atoms with Gasteiger partial charge in [0.25, 0.3) is 0 Å². The van der Waals surface area contributed by atoms with E-state index in [0.29, 0.717) is 0 Å². The van der Waals surface area contributed by atoms with Gasteiger partial charge in [-0.15, -0.1) is 70.1 Å². The molecule has 0 radical (unpaired) electrons. The van der Waals surface area contributed by atoms with E-state index in [9.17, 15) is 0 Å². The zero-order chi connectivity index (χ0) is 17.7. The monoisotopic (exact) mass is 564 g/mol. The summed E-state index contributed by atoms with van der Waals surface area (Å²) in [7, 11) is 0. The van der Waals surface area contributed by atoms with Gasteiger partial charge in [0.15, 0.2) is 0 Å². The van der Waals surface area contributed by atoms with E-state index in [1.807, 2.05) is 0 Å². The standard InChI is InChI=1S/2C11H11.C2H4.2ClH.Hf/c2*1-8-6-7-9(2)11-5-3-4-10(8)11;1-2;;;/h2*3-7H,1-2H3;1-2H2;2*1H;/q2*-1;;;;+4/p-2. The van der Waals surface area contributed by atoms with Gasteiger partial charge in [-0.25, -0.2) is 0 Å². The molecule has 0 spiro atoms. The maximum absolute atomic E-state index is 3.00. The molecule has 4 aromatic carbocycles. The van der Waals surface area contributed by atoms with Crippen LogP contribution in [0.1, 0.15) is 22.3 Å². The van der Waals surface area contributed by atoms with E-state index in [1.165, 1.54) is 43.8 Å². The minimum atomic E-state index is 0. The third kappa shape index (κ3) is 6.45. The van der Waals surface area contributed by atoms with Gasteiger partial charge in [0.05, 0.1) is 0 Å². The molecule has 0 N–H and O–H groups in total. The van der Waals surface area contributed by atoms with Gasteiger partial charge in [0.1, 0.15) is 0 Å². The normalized spacial score (nSPS) is 8.89. The van der Waals surface area contributed by atoms with Crippen LogP contribution in [0.25, 0.3) is 21.5 Å². The Balaban J connectivity index is 0. The Labute approximate surface area is 195 Å². The van der Waals surface area contributed by atoms with E-state index < -0.39 is 0 Å². The molecular formula is C24H26Cl2Hf. The summed E-state index contributed by atoms with van der Waals surface area (Å²) in [6.45, 7) is 14.6. The first-order valence-corrected chi connectivity index (χ1v) is 8.31. The molecule has 0 aliphatic rings. The molecule has 0 atom stereocenters. The number of halogens is 2.